The Bertz CT molecular complexity index is 1130. The second-order valence-corrected chi connectivity index (χ2v) is 6.25. The molecule has 0 bridgehead atoms. The van der Waals surface area contributed by atoms with E-state index < -0.39 is 0 Å². The zero-order valence-corrected chi connectivity index (χ0v) is 14.0. The van der Waals surface area contributed by atoms with Crippen molar-refractivity contribution in [1.82, 2.24) is 19.3 Å². The fraction of sp³-hybridized carbons (Fsp3) is 0.100. The maximum absolute atomic E-state index is 6.05. The van der Waals surface area contributed by atoms with Crippen LogP contribution in [-0.2, 0) is 14.1 Å². The highest BCUT2D eigenvalue weighted by Gasteiger charge is 2.18. The van der Waals surface area contributed by atoms with Crippen LogP contribution in [0.5, 0.6) is 0 Å². The molecule has 5 heteroatoms. The molecule has 0 aliphatic heterocycles. The Balaban J connectivity index is 1.68. The van der Waals surface area contributed by atoms with E-state index in [9.17, 15) is 0 Å². The molecule has 0 fully saturated rings. The highest BCUT2D eigenvalue weighted by atomic mass is 16.4. The van der Waals surface area contributed by atoms with Gasteiger partial charge in [0.1, 0.15) is 0 Å². The number of benzene rings is 2. The Kier molecular flexibility index (Phi) is 2.85. The summed E-state index contributed by atoms with van der Waals surface area (Å²) in [6, 6.07) is 16.4. The average molecular weight is 328 g/mol. The number of hydrogen-bond acceptors (Lipinski definition) is 3. The van der Waals surface area contributed by atoms with Gasteiger partial charge in [-0.3, -0.25) is 0 Å². The summed E-state index contributed by atoms with van der Waals surface area (Å²) in [4.78, 5) is 0. The second-order valence-electron chi connectivity index (χ2n) is 6.25. The third-order valence-corrected chi connectivity index (χ3v) is 4.68. The molecule has 122 valence electrons. The fourth-order valence-electron chi connectivity index (χ4n) is 3.47. The Morgan fingerprint density at radius 2 is 1.12 bits per heavy atom. The van der Waals surface area contributed by atoms with Crippen molar-refractivity contribution in [2.75, 3.05) is 0 Å². The quantitative estimate of drug-likeness (QED) is 0.483. The molecule has 2 aromatic carbocycles. The molecule has 0 radical (unpaired) electrons. The first kappa shape index (κ1) is 14.0. The van der Waals surface area contributed by atoms with Crippen LogP contribution in [0.2, 0.25) is 0 Å². The van der Waals surface area contributed by atoms with E-state index in [1.54, 1.807) is 0 Å². The van der Waals surface area contributed by atoms with Crippen LogP contribution >= 0.6 is 0 Å². The van der Waals surface area contributed by atoms with Gasteiger partial charge in [0.05, 0.1) is 11.1 Å². The summed E-state index contributed by atoms with van der Waals surface area (Å²) in [7, 11) is 4.04. The summed E-state index contributed by atoms with van der Waals surface area (Å²) in [5, 5.41) is 10.8. The molecule has 0 spiro atoms. The number of fused-ring (bicyclic) bond motifs is 2. The normalized spacial score (nSPS) is 11.6. The van der Waals surface area contributed by atoms with Crippen LogP contribution in [-0.4, -0.2) is 19.3 Å². The summed E-state index contributed by atoms with van der Waals surface area (Å²) in [5.74, 6) is 1.08. The molecule has 5 aromatic rings. The average Bonchev–Trinajstić information content (AvgIpc) is 3.33. The van der Waals surface area contributed by atoms with Crippen LogP contribution in [0.4, 0.5) is 0 Å². The minimum Gasteiger partial charge on any atom is -0.416 e. The highest BCUT2D eigenvalue weighted by molar-refractivity contribution is 5.95. The third kappa shape index (κ3) is 2.02. The number of aryl methyl sites for hydroxylation is 2. The predicted molar refractivity (Wildman–Crippen MR) is 98.1 cm³/mol. The largest absolute Gasteiger partial charge is 0.416 e. The van der Waals surface area contributed by atoms with E-state index in [0.29, 0.717) is 11.8 Å². The van der Waals surface area contributed by atoms with Gasteiger partial charge in [0.25, 0.3) is 0 Å². The number of rotatable bonds is 2. The summed E-state index contributed by atoms with van der Waals surface area (Å²) >= 11 is 0. The molecular formula is C20H16N4O. The third-order valence-electron chi connectivity index (χ3n) is 4.68. The van der Waals surface area contributed by atoms with Crippen molar-refractivity contribution >= 4 is 21.8 Å². The van der Waals surface area contributed by atoms with Gasteiger partial charge in [-0.1, -0.05) is 36.4 Å². The van der Waals surface area contributed by atoms with Gasteiger partial charge >= 0.3 is 0 Å². The first-order valence-electron chi connectivity index (χ1n) is 8.15. The van der Waals surface area contributed by atoms with Gasteiger partial charge < -0.3 is 13.6 Å². The Hall–Kier alpha value is -3.34. The van der Waals surface area contributed by atoms with E-state index in [0.717, 1.165) is 32.9 Å². The highest BCUT2D eigenvalue weighted by Crippen LogP contribution is 2.33. The first-order valence-corrected chi connectivity index (χ1v) is 8.15. The summed E-state index contributed by atoms with van der Waals surface area (Å²) in [6.45, 7) is 0. The van der Waals surface area contributed by atoms with Gasteiger partial charge in [0, 0.05) is 48.3 Å². The maximum Gasteiger partial charge on any atom is 0.250 e. The van der Waals surface area contributed by atoms with Crippen molar-refractivity contribution in [3.05, 3.63) is 60.9 Å². The first-order chi connectivity index (χ1) is 12.2. The molecular weight excluding hydrogens is 312 g/mol. The van der Waals surface area contributed by atoms with Crippen LogP contribution in [0.25, 0.3) is 44.7 Å². The van der Waals surface area contributed by atoms with Crippen molar-refractivity contribution in [3.8, 4) is 22.9 Å². The van der Waals surface area contributed by atoms with E-state index in [4.69, 9.17) is 4.42 Å². The number of nitrogens with zero attached hydrogens (tertiary/aromatic N) is 4. The van der Waals surface area contributed by atoms with Crippen LogP contribution < -0.4 is 0 Å². The predicted octanol–water partition coefficient (Wildman–Crippen LogP) is 4.39. The van der Waals surface area contributed by atoms with Crippen LogP contribution in [0, 0.1) is 0 Å². The molecule has 25 heavy (non-hydrogen) atoms. The number of para-hydroxylation sites is 2. The lowest BCUT2D eigenvalue weighted by Crippen LogP contribution is -1.81. The van der Waals surface area contributed by atoms with Crippen molar-refractivity contribution in [1.29, 1.82) is 0 Å². The Morgan fingerprint density at radius 1 is 0.680 bits per heavy atom. The van der Waals surface area contributed by atoms with Gasteiger partial charge in [-0.2, -0.15) is 0 Å². The SMILES string of the molecule is Cn1cc(-c2nnc(-c3cn(C)c4ccccc34)o2)c2ccccc21. The molecule has 0 unspecified atom stereocenters. The molecule has 3 heterocycles. The van der Waals surface area contributed by atoms with E-state index >= 15 is 0 Å². The van der Waals surface area contributed by atoms with Gasteiger partial charge in [-0.25, -0.2) is 0 Å². The molecule has 0 saturated carbocycles. The van der Waals surface area contributed by atoms with Crippen LogP contribution in [0.3, 0.4) is 0 Å². The topological polar surface area (TPSA) is 48.8 Å². The van der Waals surface area contributed by atoms with E-state index in [2.05, 4.69) is 43.6 Å². The Morgan fingerprint density at radius 3 is 1.60 bits per heavy atom. The number of aromatic nitrogens is 4. The summed E-state index contributed by atoms with van der Waals surface area (Å²) < 4.78 is 10.2. The monoisotopic (exact) mass is 328 g/mol. The lowest BCUT2D eigenvalue weighted by atomic mass is 10.2. The molecule has 3 aromatic heterocycles. The van der Waals surface area contributed by atoms with E-state index in [-0.39, 0.29) is 0 Å². The molecule has 0 saturated heterocycles. The zero-order chi connectivity index (χ0) is 17.0. The lowest BCUT2D eigenvalue weighted by molar-refractivity contribution is 0.585. The van der Waals surface area contributed by atoms with Gasteiger partial charge in [0.15, 0.2) is 0 Å². The number of hydrogen-bond donors (Lipinski definition) is 0. The zero-order valence-electron chi connectivity index (χ0n) is 14.0. The van der Waals surface area contributed by atoms with Gasteiger partial charge in [-0.05, 0) is 12.1 Å². The Labute approximate surface area is 144 Å². The molecule has 0 atom stereocenters. The van der Waals surface area contributed by atoms with Crippen LogP contribution in [0.15, 0.2) is 65.3 Å². The molecule has 0 aliphatic carbocycles. The van der Waals surface area contributed by atoms with E-state index in [1.807, 2.05) is 50.8 Å². The van der Waals surface area contributed by atoms with Gasteiger partial charge in [-0.15, -0.1) is 10.2 Å². The van der Waals surface area contributed by atoms with Crippen LogP contribution in [0.1, 0.15) is 0 Å². The molecule has 0 amide bonds. The van der Waals surface area contributed by atoms with Crippen molar-refractivity contribution in [3.63, 3.8) is 0 Å². The summed E-state index contributed by atoms with van der Waals surface area (Å²) in [5.41, 5.74) is 4.19. The molecule has 0 aliphatic rings. The van der Waals surface area contributed by atoms with Gasteiger partial charge in [0.2, 0.25) is 11.8 Å². The molecule has 5 rings (SSSR count). The molecule has 5 nitrogen and oxygen atoms in total. The maximum atomic E-state index is 6.05. The minimum atomic E-state index is 0.541. The molecule has 0 N–H and O–H groups in total. The smallest absolute Gasteiger partial charge is 0.250 e. The lowest BCUT2D eigenvalue weighted by Gasteiger charge is -1.94. The second kappa shape index (κ2) is 5.08. The summed E-state index contributed by atoms with van der Waals surface area (Å²) in [6.07, 6.45) is 4.07. The standard InChI is InChI=1S/C20H16N4O/c1-23-11-15(13-7-3-5-9-17(13)23)19-21-22-20(25-19)16-12-24(2)18-10-6-4-8-14(16)18/h3-12H,1-2H3. The minimum absolute atomic E-state index is 0.541. The fourth-order valence-corrected chi connectivity index (χ4v) is 3.47. The van der Waals surface area contributed by atoms with Crippen molar-refractivity contribution in [2.24, 2.45) is 14.1 Å². The van der Waals surface area contributed by atoms with Crippen molar-refractivity contribution < 1.29 is 4.42 Å². The van der Waals surface area contributed by atoms with E-state index in [1.165, 1.54) is 0 Å². The van der Waals surface area contributed by atoms with Crippen molar-refractivity contribution in [2.45, 2.75) is 0 Å².